The van der Waals surface area contributed by atoms with Gasteiger partial charge in [-0.1, -0.05) is 44.7 Å². The Labute approximate surface area is 103 Å². The summed E-state index contributed by atoms with van der Waals surface area (Å²) in [4.78, 5) is 4.29. The lowest BCUT2D eigenvalue weighted by molar-refractivity contribution is 0.368. The molecule has 4 heteroatoms. The molecule has 0 aliphatic rings. The first-order chi connectivity index (χ1) is 7.77. The fourth-order valence-electron chi connectivity index (χ4n) is 1.56. The summed E-state index contributed by atoms with van der Waals surface area (Å²) in [6, 6.07) is 0. The maximum Gasteiger partial charge on any atom is 0.226 e. The molecule has 1 unspecified atom stereocenters. The van der Waals surface area contributed by atoms with Crippen LogP contribution in [0.4, 0.5) is 0 Å². The summed E-state index contributed by atoms with van der Waals surface area (Å²) in [6.07, 6.45) is 7.96. The quantitative estimate of drug-likeness (QED) is 0.506. The van der Waals surface area contributed by atoms with Crippen LogP contribution in [0.25, 0.3) is 0 Å². The van der Waals surface area contributed by atoms with Gasteiger partial charge in [0.1, 0.15) is 0 Å². The van der Waals surface area contributed by atoms with Crippen LogP contribution in [-0.2, 0) is 6.42 Å². The van der Waals surface area contributed by atoms with Crippen molar-refractivity contribution in [1.29, 1.82) is 0 Å². The Balaban J connectivity index is 2.24. The monoisotopic (exact) mass is 244 g/mol. The van der Waals surface area contributed by atoms with Crippen LogP contribution < -0.4 is 0 Å². The summed E-state index contributed by atoms with van der Waals surface area (Å²) < 4.78 is 5.15. The van der Waals surface area contributed by atoms with E-state index < -0.39 is 0 Å². The summed E-state index contributed by atoms with van der Waals surface area (Å²) in [5.41, 5.74) is 0. The average molecular weight is 245 g/mol. The molecule has 1 aromatic rings. The Hall–Kier alpha value is -0.570. The molecule has 0 saturated carbocycles. The molecule has 0 aliphatic heterocycles. The summed E-state index contributed by atoms with van der Waals surface area (Å²) in [5.74, 6) is 1.36. The van der Waals surface area contributed by atoms with E-state index in [1.165, 1.54) is 25.7 Å². The van der Waals surface area contributed by atoms with Gasteiger partial charge in [-0.3, -0.25) is 0 Å². The van der Waals surface area contributed by atoms with E-state index in [0.29, 0.717) is 5.82 Å². The Morgan fingerprint density at radius 1 is 1.19 bits per heavy atom. The molecule has 0 saturated heterocycles. The number of hydrogen-bond donors (Lipinski definition) is 0. The van der Waals surface area contributed by atoms with Gasteiger partial charge in [-0.2, -0.15) is 4.98 Å². The number of alkyl halides is 1. The smallest absolute Gasteiger partial charge is 0.226 e. The van der Waals surface area contributed by atoms with Gasteiger partial charge in [0.25, 0.3) is 0 Å². The third-order valence-electron chi connectivity index (χ3n) is 2.62. The molecule has 1 aromatic heterocycles. The average Bonchev–Trinajstić information content (AvgIpc) is 2.76. The van der Waals surface area contributed by atoms with Gasteiger partial charge in [-0.05, 0) is 12.8 Å². The highest BCUT2D eigenvalue weighted by molar-refractivity contribution is 6.20. The molecular weight excluding hydrogens is 224 g/mol. The van der Waals surface area contributed by atoms with Gasteiger partial charge in [0, 0.05) is 6.42 Å². The highest BCUT2D eigenvalue weighted by Gasteiger charge is 2.13. The molecule has 3 nitrogen and oxygen atoms in total. The predicted octanol–water partition coefficient (Wildman–Crippen LogP) is 4.27. The minimum atomic E-state index is -0.113. The molecule has 1 atom stereocenters. The van der Waals surface area contributed by atoms with Crippen molar-refractivity contribution in [1.82, 2.24) is 10.1 Å². The van der Waals surface area contributed by atoms with E-state index in [4.69, 9.17) is 16.1 Å². The highest BCUT2D eigenvalue weighted by atomic mass is 35.5. The molecule has 0 fully saturated rings. The Morgan fingerprint density at radius 2 is 1.94 bits per heavy atom. The van der Waals surface area contributed by atoms with Gasteiger partial charge in [0.2, 0.25) is 5.89 Å². The van der Waals surface area contributed by atoms with Crippen LogP contribution in [0, 0.1) is 0 Å². The number of halogens is 1. The first kappa shape index (κ1) is 13.5. The van der Waals surface area contributed by atoms with Crippen LogP contribution in [0.15, 0.2) is 4.52 Å². The summed E-state index contributed by atoms with van der Waals surface area (Å²) in [5, 5.41) is 3.77. The van der Waals surface area contributed by atoms with Gasteiger partial charge in [-0.25, -0.2) is 0 Å². The maximum absolute atomic E-state index is 6.02. The molecule has 0 aliphatic carbocycles. The Kier molecular flexibility index (Phi) is 6.46. The van der Waals surface area contributed by atoms with Crippen molar-refractivity contribution in [2.45, 2.75) is 64.2 Å². The van der Waals surface area contributed by atoms with Gasteiger partial charge in [0.05, 0.1) is 5.38 Å². The Morgan fingerprint density at radius 3 is 2.62 bits per heavy atom. The van der Waals surface area contributed by atoms with Crippen molar-refractivity contribution in [3.05, 3.63) is 11.7 Å². The number of rotatable bonds is 8. The first-order valence-electron chi connectivity index (χ1n) is 6.24. The van der Waals surface area contributed by atoms with Gasteiger partial charge in [0.15, 0.2) is 5.82 Å². The zero-order valence-electron chi connectivity index (χ0n) is 10.2. The fraction of sp³-hybridized carbons (Fsp3) is 0.833. The van der Waals surface area contributed by atoms with Crippen LogP contribution >= 0.6 is 11.6 Å². The fourth-order valence-corrected chi connectivity index (χ4v) is 1.65. The molecule has 0 N–H and O–H groups in total. The third-order valence-corrected chi connectivity index (χ3v) is 3.12. The van der Waals surface area contributed by atoms with Crippen LogP contribution in [0.5, 0.6) is 0 Å². The Bertz CT molecular complexity index is 288. The van der Waals surface area contributed by atoms with E-state index in [1.807, 2.05) is 6.92 Å². The standard InChI is InChI=1S/C12H21ClN2O/c1-3-5-6-7-8-9-11-14-12(15-16-11)10(13)4-2/h10H,3-9H2,1-2H3. The minimum absolute atomic E-state index is 0.113. The second-order valence-electron chi connectivity index (χ2n) is 4.09. The second kappa shape index (κ2) is 7.66. The molecule has 0 spiro atoms. The van der Waals surface area contributed by atoms with E-state index in [-0.39, 0.29) is 5.38 Å². The minimum Gasteiger partial charge on any atom is -0.339 e. The van der Waals surface area contributed by atoms with Gasteiger partial charge < -0.3 is 4.52 Å². The number of unbranched alkanes of at least 4 members (excludes halogenated alkanes) is 4. The van der Waals surface area contributed by atoms with E-state index in [9.17, 15) is 0 Å². The molecular formula is C12H21ClN2O. The van der Waals surface area contributed by atoms with E-state index in [2.05, 4.69) is 17.1 Å². The SMILES string of the molecule is CCCCCCCc1nc(C(Cl)CC)no1. The van der Waals surface area contributed by atoms with Crippen molar-refractivity contribution >= 4 is 11.6 Å². The van der Waals surface area contributed by atoms with Crippen LogP contribution in [0.1, 0.15) is 69.5 Å². The van der Waals surface area contributed by atoms with Crippen molar-refractivity contribution in [2.24, 2.45) is 0 Å². The van der Waals surface area contributed by atoms with Crippen molar-refractivity contribution in [2.75, 3.05) is 0 Å². The first-order valence-corrected chi connectivity index (χ1v) is 6.68. The zero-order valence-corrected chi connectivity index (χ0v) is 11.0. The predicted molar refractivity (Wildman–Crippen MR) is 65.6 cm³/mol. The number of hydrogen-bond acceptors (Lipinski definition) is 3. The molecule has 1 heterocycles. The normalized spacial score (nSPS) is 12.9. The molecule has 0 bridgehead atoms. The molecule has 0 amide bonds. The largest absolute Gasteiger partial charge is 0.339 e. The maximum atomic E-state index is 6.02. The molecule has 0 aromatic carbocycles. The third kappa shape index (κ3) is 4.52. The van der Waals surface area contributed by atoms with E-state index in [0.717, 1.165) is 25.2 Å². The number of aryl methyl sites for hydroxylation is 1. The zero-order chi connectivity index (χ0) is 11.8. The van der Waals surface area contributed by atoms with Gasteiger partial charge in [-0.15, -0.1) is 11.6 Å². The summed E-state index contributed by atoms with van der Waals surface area (Å²) in [7, 11) is 0. The lowest BCUT2D eigenvalue weighted by Gasteiger charge is -1.97. The molecule has 92 valence electrons. The van der Waals surface area contributed by atoms with Crippen molar-refractivity contribution in [3.8, 4) is 0 Å². The topological polar surface area (TPSA) is 38.9 Å². The number of nitrogens with zero attached hydrogens (tertiary/aromatic N) is 2. The summed E-state index contributed by atoms with van der Waals surface area (Å²) >= 11 is 6.02. The van der Waals surface area contributed by atoms with Gasteiger partial charge >= 0.3 is 0 Å². The molecule has 1 rings (SSSR count). The molecule has 0 radical (unpaired) electrons. The van der Waals surface area contributed by atoms with Crippen LogP contribution in [-0.4, -0.2) is 10.1 Å². The lowest BCUT2D eigenvalue weighted by Crippen LogP contribution is -1.92. The molecule has 16 heavy (non-hydrogen) atoms. The number of aromatic nitrogens is 2. The second-order valence-corrected chi connectivity index (χ2v) is 4.61. The van der Waals surface area contributed by atoms with Crippen LogP contribution in [0.3, 0.4) is 0 Å². The van der Waals surface area contributed by atoms with Crippen LogP contribution in [0.2, 0.25) is 0 Å². The summed E-state index contributed by atoms with van der Waals surface area (Å²) in [6.45, 7) is 4.23. The van der Waals surface area contributed by atoms with Crippen molar-refractivity contribution < 1.29 is 4.52 Å². The van der Waals surface area contributed by atoms with Crippen molar-refractivity contribution in [3.63, 3.8) is 0 Å². The van der Waals surface area contributed by atoms with E-state index >= 15 is 0 Å². The lowest BCUT2D eigenvalue weighted by atomic mass is 10.1. The highest BCUT2D eigenvalue weighted by Crippen LogP contribution is 2.20. The van der Waals surface area contributed by atoms with E-state index in [1.54, 1.807) is 0 Å².